The number of fused-ring (bicyclic) bond motifs is 1. The van der Waals surface area contributed by atoms with E-state index in [-0.39, 0.29) is 29.6 Å². The molecule has 1 aliphatic rings. The minimum atomic E-state index is -0.704. The molecule has 0 bridgehead atoms. The van der Waals surface area contributed by atoms with Gasteiger partial charge in [-0.3, -0.25) is 4.79 Å². The number of carboxylic acids is 1. The lowest BCUT2D eigenvalue weighted by Crippen LogP contribution is -2.12. The maximum atomic E-state index is 11.5. The van der Waals surface area contributed by atoms with Crippen molar-refractivity contribution < 1.29 is 15.0 Å². The van der Waals surface area contributed by atoms with Gasteiger partial charge in [-0.2, -0.15) is 11.8 Å². The van der Waals surface area contributed by atoms with Gasteiger partial charge in [0.15, 0.2) is 0 Å². The van der Waals surface area contributed by atoms with Gasteiger partial charge in [0, 0.05) is 28.9 Å². The number of aromatic nitrogens is 1. The summed E-state index contributed by atoms with van der Waals surface area (Å²) >= 11 is 9.78. The van der Waals surface area contributed by atoms with Crippen molar-refractivity contribution in [3.05, 3.63) is 99.0 Å². The van der Waals surface area contributed by atoms with Crippen LogP contribution in [-0.4, -0.2) is 33.5 Å². The van der Waals surface area contributed by atoms with Crippen LogP contribution < -0.4 is 0 Å². The Kier molecular flexibility index (Phi) is 9.31. The van der Waals surface area contributed by atoms with Crippen LogP contribution in [0.25, 0.3) is 22.4 Å². The van der Waals surface area contributed by atoms with E-state index in [9.17, 15) is 15.0 Å². The third kappa shape index (κ3) is 7.16. The van der Waals surface area contributed by atoms with Gasteiger partial charge < -0.3 is 10.2 Å². The van der Waals surface area contributed by atoms with Gasteiger partial charge in [0.1, 0.15) is 5.52 Å². The average Bonchev–Trinajstić information content (AvgIpc) is 3.63. The van der Waals surface area contributed by atoms with E-state index in [0.717, 1.165) is 52.9 Å². The summed E-state index contributed by atoms with van der Waals surface area (Å²) in [6.07, 6.45) is 8.17. The molecular weight excluding hydrogens is 558 g/mol. The summed E-state index contributed by atoms with van der Waals surface area (Å²) < 4.78 is 1.08. The van der Waals surface area contributed by atoms with Crippen LogP contribution in [0, 0.1) is 5.41 Å². The molecule has 40 heavy (non-hydrogen) atoms. The molecule has 2 unspecified atom stereocenters. The second kappa shape index (κ2) is 12.9. The minimum Gasteiger partial charge on any atom is -0.481 e. The zero-order chi connectivity index (χ0) is 28.1. The normalized spacial score (nSPS) is 15.9. The topological polar surface area (TPSA) is 70.4 Å². The number of rotatable bonds is 13. The van der Waals surface area contributed by atoms with Crippen molar-refractivity contribution in [3.63, 3.8) is 0 Å². The van der Waals surface area contributed by atoms with Gasteiger partial charge in [-0.15, -0.1) is 11.3 Å². The number of aliphatic hydroxyl groups is 1. The van der Waals surface area contributed by atoms with E-state index in [1.54, 1.807) is 11.3 Å². The van der Waals surface area contributed by atoms with Crippen molar-refractivity contribution in [1.82, 2.24) is 4.98 Å². The molecule has 4 nitrogen and oxygen atoms in total. The molecule has 2 N–H and O–H groups in total. The average molecular weight is 592 g/mol. The Morgan fingerprint density at radius 1 is 1.15 bits per heavy atom. The summed E-state index contributed by atoms with van der Waals surface area (Å²) in [4.78, 5) is 16.2. The van der Waals surface area contributed by atoms with Crippen molar-refractivity contribution in [3.8, 4) is 0 Å². The second-order valence-corrected chi connectivity index (χ2v) is 13.4. The van der Waals surface area contributed by atoms with Crippen LogP contribution >= 0.6 is 34.7 Å². The number of nitrogens with zero attached hydrogens (tertiary/aromatic N) is 1. The first-order valence-electron chi connectivity index (χ1n) is 13.7. The molecule has 2 aromatic heterocycles. The van der Waals surface area contributed by atoms with Gasteiger partial charge in [0.2, 0.25) is 0 Å². The number of carbonyl (C=O) groups is 1. The summed E-state index contributed by atoms with van der Waals surface area (Å²) in [6, 6.07) is 21.1. The fraction of sp³-hybridized carbons (Fsp3) is 0.333. The van der Waals surface area contributed by atoms with E-state index in [1.807, 2.05) is 35.4 Å². The molecule has 208 valence electrons. The molecule has 1 aliphatic carbocycles. The van der Waals surface area contributed by atoms with Crippen LogP contribution in [0.2, 0.25) is 5.02 Å². The fourth-order valence-electron chi connectivity index (χ4n) is 5.16. The zero-order valence-corrected chi connectivity index (χ0v) is 24.9. The second-order valence-electron chi connectivity index (χ2n) is 10.9. The quantitative estimate of drug-likeness (QED) is 0.162. The SMILES string of the molecule is CC(CO)c1ccccc1CCC(SCC1(CC(=O)O)CC1)c1cccc(/C=C/c2ccc3scc(Cl)c3n2)c1. The van der Waals surface area contributed by atoms with Gasteiger partial charge in [-0.05, 0) is 71.6 Å². The van der Waals surface area contributed by atoms with Crippen LogP contribution in [0.4, 0.5) is 0 Å². The summed E-state index contributed by atoms with van der Waals surface area (Å²) in [7, 11) is 0. The largest absolute Gasteiger partial charge is 0.481 e. The van der Waals surface area contributed by atoms with Crippen LogP contribution in [0.15, 0.2) is 66.0 Å². The van der Waals surface area contributed by atoms with Crippen molar-refractivity contribution in [2.75, 3.05) is 12.4 Å². The minimum absolute atomic E-state index is 0.0667. The van der Waals surface area contributed by atoms with Crippen LogP contribution in [0.1, 0.15) is 71.7 Å². The number of aliphatic carboxylic acids is 1. The Morgan fingerprint density at radius 2 is 1.98 bits per heavy atom. The number of thioether (sulfide) groups is 1. The predicted octanol–water partition coefficient (Wildman–Crippen LogP) is 8.88. The molecule has 2 atom stereocenters. The first kappa shape index (κ1) is 28.9. The Labute approximate surface area is 249 Å². The van der Waals surface area contributed by atoms with Gasteiger partial charge in [-0.1, -0.05) is 73.1 Å². The molecular formula is C33H34ClNO3S2. The molecule has 0 amide bonds. The van der Waals surface area contributed by atoms with Gasteiger partial charge in [0.05, 0.1) is 21.8 Å². The number of hydrogen-bond donors (Lipinski definition) is 2. The third-order valence-electron chi connectivity index (χ3n) is 7.73. The van der Waals surface area contributed by atoms with Crippen LogP contribution in [0.5, 0.6) is 0 Å². The standard InChI is InChI=1S/C33H34ClNO3S2/c1-22(19-36)27-8-3-2-6-24(27)10-13-29(40-21-33(15-16-33)18-31(37)38)25-7-4-5-23(17-25)9-11-26-12-14-30-32(35-26)28(34)20-39-30/h2-9,11-12,14,17,20,22,29,36H,10,13,15-16,18-19,21H2,1H3,(H,37,38)/b11-9+. The molecule has 2 aromatic carbocycles. The molecule has 4 aromatic rings. The van der Waals surface area contributed by atoms with Crippen molar-refractivity contribution in [2.45, 2.75) is 50.2 Å². The number of halogens is 1. The lowest BCUT2D eigenvalue weighted by atomic mass is 9.92. The van der Waals surface area contributed by atoms with E-state index in [2.05, 4.69) is 61.5 Å². The summed E-state index contributed by atoms with van der Waals surface area (Å²) in [5.41, 5.74) is 6.45. The number of aliphatic hydroxyl groups excluding tert-OH is 1. The molecule has 2 heterocycles. The monoisotopic (exact) mass is 591 g/mol. The lowest BCUT2D eigenvalue weighted by molar-refractivity contribution is -0.138. The maximum absolute atomic E-state index is 11.5. The van der Waals surface area contributed by atoms with Crippen molar-refractivity contribution >= 4 is 63.0 Å². The van der Waals surface area contributed by atoms with E-state index in [1.165, 1.54) is 16.7 Å². The van der Waals surface area contributed by atoms with Crippen molar-refractivity contribution in [2.24, 2.45) is 5.41 Å². The molecule has 7 heteroatoms. The number of benzene rings is 2. The molecule has 0 saturated heterocycles. The fourth-order valence-corrected chi connectivity index (χ4v) is 7.82. The Balaban J connectivity index is 1.36. The molecule has 0 aliphatic heterocycles. The summed E-state index contributed by atoms with van der Waals surface area (Å²) in [6.45, 7) is 2.18. The first-order valence-corrected chi connectivity index (χ1v) is 16.0. The zero-order valence-electron chi connectivity index (χ0n) is 22.6. The highest BCUT2D eigenvalue weighted by molar-refractivity contribution is 7.99. The molecule has 1 saturated carbocycles. The summed E-state index contributed by atoms with van der Waals surface area (Å²) in [5, 5.41) is 22.0. The molecule has 5 rings (SSSR count). The van der Waals surface area contributed by atoms with Gasteiger partial charge in [0.25, 0.3) is 0 Å². The number of hydrogen-bond acceptors (Lipinski definition) is 5. The molecule has 0 spiro atoms. The smallest absolute Gasteiger partial charge is 0.303 e. The number of thiophene rings is 1. The Morgan fingerprint density at radius 3 is 2.75 bits per heavy atom. The molecule has 1 fully saturated rings. The summed E-state index contributed by atoms with van der Waals surface area (Å²) in [5.74, 6) is 0.242. The van der Waals surface area contributed by atoms with E-state index >= 15 is 0 Å². The van der Waals surface area contributed by atoms with E-state index < -0.39 is 5.97 Å². The maximum Gasteiger partial charge on any atom is 0.303 e. The lowest BCUT2D eigenvalue weighted by Gasteiger charge is -2.22. The highest BCUT2D eigenvalue weighted by Gasteiger charge is 2.44. The highest BCUT2D eigenvalue weighted by Crippen LogP contribution is 2.53. The van der Waals surface area contributed by atoms with E-state index in [0.29, 0.717) is 5.02 Å². The number of pyridine rings is 1. The predicted molar refractivity (Wildman–Crippen MR) is 169 cm³/mol. The van der Waals surface area contributed by atoms with Gasteiger partial charge in [-0.25, -0.2) is 4.98 Å². The first-order chi connectivity index (χ1) is 19.4. The number of carboxylic acid groups (broad SMARTS) is 1. The van der Waals surface area contributed by atoms with Crippen LogP contribution in [0.3, 0.4) is 0 Å². The van der Waals surface area contributed by atoms with Gasteiger partial charge >= 0.3 is 5.97 Å². The van der Waals surface area contributed by atoms with E-state index in [4.69, 9.17) is 16.6 Å². The molecule has 0 radical (unpaired) electrons. The van der Waals surface area contributed by atoms with Crippen LogP contribution in [-0.2, 0) is 11.2 Å². The third-order valence-corrected chi connectivity index (χ3v) is 10.8. The Hall–Kier alpha value is -2.64. The Bertz CT molecular complexity index is 1510. The highest BCUT2D eigenvalue weighted by atomic mass is 35.5. The number of aryl methyl sites for hydroxylation is 1. The van der Waals surface area contributed by atoms with Crippen molar-refractivity contribution in [1.29, 1.82) is 0 Å².